The zero-order valence-corrected chi connectivity index (χ0v) is 13.4. The number of aryl methyl sites for hydroxylation is 1. The number of thiazole rings is 1. The number of carbonyl (C=O) groups is 1. The van der Waals surface area contributed by atoms with Gasteiger partial charge in [-0.25, -0.2) is 4.98 Å². The third-order valence-corrected chi connectivity index (χ3v) is 4.58. The number of hydrogen-bond acceptors (Lipinski definition) is 4. The molecule has 106 valence electrons. The molecular formula is C14H15ClN2OS2. The van der Waals surface area contributed by atoms with Crippen LogP contribution in [0, 0.1) is 6.92 Å². The van der Waals surface area contributed by atoms with Crippen molar-refractivity contribution in [2.75, 3.05) is 12.3 Å². The molecule has 0 fully saturated rings. The van der Waals surface area contributed by atoms with Gasteiger partial charge in [0.05, 0.1) is 5.01 Å². The Hall–Kier alpha value is -1.04. The Morgan fingerprint density at radius 3 is 3.05 bits per heavy atom. The first kappa shape index (κ1) is 15.4. The molecule has 0 atom stereocenters. The monoisotopic (exact) mass is 326 g/mol. The third-order valence-electron chi connectivity index (χ3n) is 2.54. The Bertz CT molecular complexity index is 586. The molecule has 1 heterocycles. The molecule has 0 aliphatic carbocycles. The van der Waals surface area contributed by atoms with Crippen molar-refractivity contribution < 1.29 is 4.79 Å². The summed E-state index contributed by atoms with van der Waals surface area (Å²) < 4.78 is 0. The molecule has 1 aromatic carbocycles. The number of rotatable bonds is 6. The van der Waals surface area contributed by atoms with Crippen LogP contribution >= 0.6 is 34.7 Å². The first-order valence-electron chi connectivity index (χ1n) is 6.17. The van der Waals surface area contributed by atoms with E-state index in [4.69, 9.17) is 11.6 Å². The molecule has 0 saturated carbocycles. The second kappa shape index (κ2) is 7.67. The molecule has 1 aromatic heterocycles. The van der Waals surface area contributed by atoms with Crippen LogP contribution in [0.25, 0.3) is 0 Å². The highest BCUT2D eigenvalue weighted by Gasteiger charge is 2.07. The van der Waals surface area contributed by atoms with Crippen molar-refractivity contribution in [1.29, 1.82) is 0 Å². The van der Waals surface area contributed by atoms with Crippen molar-refractivity contribution in [1.82, 2.24) is 10.3 Å². The summed E-state index contributed by atoms with van der Waals surface area (Å²) in [5, 5.41) is 6.32. The maximum atomic E-state index is 11.7. The molecular weight excluding hydrogens is 312 g/mol. The zero-order valence-electron chi connectivity index (χ0n) is 11.1. The predicted octanol–water partition coefficient (Wildman–Crippen LogP) is 3.77. The van der Waals surface area contributed by atoms with Gasteiger partial charge in [0, 0.05) is 28.5 Å². The highest BCUT2D eigenvalue weighted by Crippen LogP contribution is 2.16. The van der Waals surface area contributed by atoms with Crippen LogP contribution in [0.2, 0.25) is 5.02 Å². The molecule has 2 aromatic rings. The fourth-order valence-corrected chi connectivity index (χ4v) is 3.22. The van der Waals surface area contributed by atoms with Gasteiger partial charge in [0.2, 0.25) is 0 Å². The molecule has 6 heteroatoms. The van der Waals surface area contributed by atoms with Crippen molar-refractivity contribution in [2.45, 2.75) is 12.7 Å². The number of amides is 1. The lowest BCUT2D eigenvalue weighted by atomic mass is 10.2. The largest absolute Gasteiger partial charge is 0.350 e. The minimum Gasteiger partial charge on any atom is -0.350 e. The van der Waals surface area contributed by atoms with Crippen LogP contribution in [0.4, 0.5) is 0 Å². The highest BCUT2D eigenvalue weighted by molar-refractivity contribution is 7.98. The Morgan fingerprint density at radius 2 is 2.35 bits per heavy atom. The number of carbonyl (C=O) groups excluding carboxylic acids is 1. The van der Waals surface area contributed by atoms with E-state index in [-0.39, 0.29) is 5.91 Å². The van der Waals surface area contributed by atoms with E-state index in [0.717, 1.165) is 21.5 Å². The van der Waals surface area contributed by atoms with Gasteiger partial charge in [0.1, 0.15) is 5.69 Å². The van der Waals surface area contributed by atoms with E-state index in [1.165, 1.54) is 16.9 Å². The zero-order chi connectivity index (χ0) is 14.4. The Labute approximate surface area is 131 Å². The minimum atomic E-state index is -0.0993. The van der Waals surface area contributed by atoms with Crippen LogP contribution in [0.15, 0.2) is 29.6 Å². The van der Waals surface area contributed by atoms with Crippen molar-refractivity contribution >= 4 is 40.6 Å². The quantitative estimate of drug-likeness (QED) is 0.822. The fourth-order valence-electron chi connectivity index (χ4n) is 1.61. The van der Waals surface area contributed by atoms with E-state index in [2.05, 4.69) is 16.4 Å². The van der Waals surface area contributed by atoms with Gasteiger partial charge in [-0.15, -0.1) is 11.3 Å². The predicted molar refractivity (Wildman–Crippen MR) is 86.8 cm³/mol. The van der Waals surface area contributed by atoms with Gasteiger partial charge in [-0.05, 0) is 24.6 Å². The lowest BCUT2D eigenvalue weighted by Gasteiger charge is -2.04. The number of nitrogens with one attached hydrogen (secondary N) is 1. The summed E-state index contributed by atoms with van der Waals surface area (Å²) in [4.78, 5) is 15.9. The Kier molecular flexibility index (Phi) is 5.88. The number of benzene rings is 1. The van der Waals surface area contributed by atoms with Gasteiger partial charge in [0.15, 0.2) is 0 Å². The fraction of sp³-hybridized carbons (Fsp3) is 0.286. The van der Waals surface area contributed by atoms with E-state index in [0.29, 0.717) is 12.2 Å². The molecule has 0 saturated heterocycles. The number of aromatic nitrogens is 1. The van der Waals surface area contributed by atoms with Crippen LogP contribution in [0.1, 0.15) is 21.1 Å². The summed E-state index contributed by atoms with van der Waals surface area (Å²) in [6.07, 6.45) is 0. The van der Waals surface area contributed by atoms with E-state index in [9.17, 15) is 4.79 Å². The van der Waals surface area contributed by atoms with Crippen LogP contribution in [-0.2, 0) is 5.75 Å². The maximum Gasteiger partial charge on any atom is 0.270 e. The summed E-state index contributed by atoms with van der Waals surface area (Å²) >= 11 is 9.18. The van der Waals surface area contributed by atoms with Crippen molar-refractivity contribution in [3.63, 3.8) is 0 Å². The first-order chi connectivity index (χ1) is 9.65. The molecule has 0 bridgehead atoms. The molecule has 0 spiro atoms. The van der Waals surface area contributed by atoms with Crippen LogP contribution in [0.3, 0.4) is 0 Å². The summed E-state index contributed by atoms with van der Waals surface area (Å²) in [5.41, 5.74) is 1.70. The van der Waals surface area contributed by atoms with Gasteiger partial charge < -0.3 is 5.32 Å². The lowest BCUT2D eigenvalue weighted by Crippen LogP contribution is -2.26. The van der Waals surface area contributed by atoms with Crippen LogP contribution < -0.4 is 5.32 Å². The molecule has 0 aliphatic heterocycles. The SMILES string of the molecule is Cc1nc(C(=O)NCCSCc2cccc(Cl)c2)cs1. The second-order valence-corrected chi connectivity index (χ2v) is 6.79. The standard InChI is InChI=1S/C14H15ClN2OS2/c1-10-17-13(9-20-10)14(18)16-5-6-19-8-11-3-2-4-12(15)7-11/h2-4,7,9H,5-6,8H2,1H3,(H,16,18). The number of halogens is 1. The van der Waals surface area contributed by atoms with E-state index in [1.54, 1.807) is 17.1 Å². The molecule has 3 nitrogen and oxygen atoms in total. The number of hydrogen-bond donors (Lipinski definition) is 1. The summed E-state index contributed by atoms with van der Waals surface area (Å²) in [7, 11) is 0. The summed E-state index contributed by atoms with van der Waals surface area (Å²) in [6.45, 7) is 2.53. The van der Waals surface area contributed by atoms with Gasteiger partial charge in [0.25, 0.3) is 5.91 Å². The Morgan fingerprint density at radius 1 is 1.50 bits per heavy atom. The van der Waals surface area contributed by atoms with Gasteiger partial charge in [-0.2, -0.15) is 11.8 Å². The molecule has 20 heavy (non-hydrogen) atoms. The van der Waals surface area contributed by atoms with Crippen molar-refractivity contribution in [2.24, 2.45) is 0 Å². The van der Waals surface area contributed by atoms with E-state index in [1.807, 2.05) is 25.1 Å². The molecule has 0 radical (unpaired) electrons. The summed E-state index contributed by atoms with van der Waals surface area (Å²) in [6, 6.07) is 7.83. The van der Waals surface area contributed by atoms with Gasteiger partial charge in [-0.1, -0.05) is 23.7 Å². The lowest BCUT2D eigenvalue weighted by molar-refractivity contribution is 0.0952. The van der Waals surface area contributed by atoms with Gasteiger partial charge in [-0.3, -0.25) is 4.79 Å². The van der Waals surface area contributed by atoms with Crippen LogP contribution in [0.5, 0.6) is 0 Å². The average Bonchev–Trinajstić information content (AvgIpc) is 2.85. The average molecular weight is 327 g/mol. The molecule has 0 unspecified atom stereocenters. The second-order valence-electron chi connectivity index (χ2n) is 4.19. The van der Waals surface area contributed by atoms with Crippen LogP contribution in [-0.4, -0.2) is 23.2 Å². The Balaban J connectivity index is 1.65. The molecule has 1 amide bonds. The van der Waals surface area contributed by atoms with E-state index < -0.39 is 0 Å². The number of nitrogens with zero attached hydrogens (tertiary/aromatic N) is 1. The normalized spacial score (nSPS) is 10.5. The molecule has 2 rings (SSSR count). The van der Waals surface area contributed by atoms with Crippen molar-refractivity contribution in [3.05, 3.63) is 50.9 Å². The van der Waals surface area contributed by atoms with E-state index >= 15 is 0 Å². The summed E-state index contributed by atoms with van der Waals surface area (Å²) in [5.74, 6) is 1.66. The first-order valence-corrected chi connectivity index (χ1v) is 8.59. The van der Waals surface area contributed by atoms with Gasteiger partial charge >= 0.3 is 0 Å². The van der Waals surface area contributed by atoms with Crippen molar-refractivity contribution in [3.8, 4) is 0 Å². The maximum absolute atomic E-state index is 11.7. The smallest absolute Gasteiger partial charge is 0.270 e. The minimum absolute atomic E-state index is 0.0993. The third kappa shape index (κ3) is 4.81. The topological polar surface area (TPSA) is 42.0 Å². The number of thioether (sulfide) groups is 1. The highest BCUT2D eigenvalue weighted by atomic mass is 35.5. The molecule has 0 aliphatic rings. The molecule has 1 N–H and O–H groups in total.